The summed E-state index contributed by atoms with van der Waals surface area (Å²) in [7, 11) is 4.64. The van der Waals surface area contributed by atoms with Gasteiger partial charge < -0.3 is 36.8 Å². The van der Waals surface area contributed by atoms with Gasteiger partial charge in [0.25, 0.3) is 0 Å². The maximum absolute atomic E-state index is 10.7. The van der Waals surface area contributed by atoms with Crippen molar-refractivity contribution in [2.45, 2.75) is 0 Å². The number of nitrogens with zero attached hydrogens (tertiary/aromatic N) is 1. The topological polar surface area (TPSA) is 49.4 Å². The van der Waals surface area contributed by atoms with Crippen LogP contribution in [0.3, 0.4) is 0 Å². The van der Waals surface area contributed by atoms with Crippen LogP contribution < -0.4 is 22.3 Å². The molecule has 0 aliphatic rings. The third-order valence-corrected chi connectivity index (χ3v) is 0.942. The SMILES string of the molecule is CNC(=O)[CH-]C(=O)N(C)C.[Br-].[Mg+2]. The molecule has 0 aliphatic heterocycles. The molecule has 0 bridgehead atoms. The molecule has 0 aromatic carbocycles. The molecule has 0 heterocycles. The van der Waals surface area contributed by atoms with Crippen molar-refractivity contribution in [2.24, 2.45) is 0 Å². The van der Waals surface area contributed by atoms with Gasteiger partial charge in [-0.1, -0.05) is 0 Å². The summed E-state index contributed by atoms with van der Waals surface area (Å²) >= 11 is 0. The number of carbonyl (C=O) groups is 2. The third kappa shape index (κ3) is 8.16. The van der Waals surface area contributed by atoms with Crippen LogP contribution >= 0.6 is 0 Å². The molecule has 0 spiro atoms. The van der Waals surface area contributed by atoms with Crippen molar-refractivity contribution in [2.75, 3.05) is 21.1 Å². The Morgan fingerprint density at radius 2 is 1.75 bits per heavy atom. The van der Waals surface area contributed by atoms with Crippen molar-refractivity contribution in [1.82, 2.24) is 10.2 Å². The number of nitrogens with one attached hydrogen (secondary N) is 1. The van der Waals surface area contributed by atoms with Gasteiger partial charge in [0, 0.05) is 21.1 Å². The molecular weight excluding hydrogens is 236 g/mol. The van der Waals surface area contributed by atoms with E-state index in [0.29, 0.717) is 0 Å². The van der Waals surface area contributed by atoms with Crippen molar-refractivity contribution in [1.29, 1.82) is 0 Å². The van der Waals surface area contributed by atoms with Gasteiger partial charge in [0.2, 0.25) is 0 Å². The van der Waals surface area contributed by atoms with Crippen molar-refractivity contribution in [3.05, 3.63) is 6.42 Å². The summed E-state index contributed by atoms with van der Waals surface area (Å²) in [5.74, 6) is -0.682. The molecule has 0 atom stereocenters. The number of carbonyl (C=O) groups excluding carboxylic acids is 2. The molecule has 2 amide bonds. The maximum atomic E-state index is 10.7. The molecule has 0 aliphatic carbocycles. The van der Waals surface area contributed by atoms with Gasteiger partial charge in [-0.25, -0.2) is 6.42 Å². The van der Waals surface area contributed by atoms with E-state index in [2.05, 4.69) is 5.32 Å². The van der Waals surface area contributed by atoms with E-state index in [1.165, 1.54) is 11.9 Å². The number of hydrogen-bond donors (Lipinski definition) is 1. The van der Waals surface area contributed by atoms with Crippen LogP contribution in [0.25, 0.3) is 0 Å². The smallest absolute Gasteiger partial charge is 1.00 e. The number of hydrogen-bond acceptors (Lipinski definition) is 2. The predicted molar refractivity (Wildman–Crippen MR) is 42.8 cm³/mol. The monoisotopic (exact) mass is 246 g/mol. The molecule has 0 saturated heterocycles. The van der Waals surface area contributed by atoms with Crippen molar-refractivity contribution < 1.29 is 26.6 Å². The Morgan fingerprint density at radius 1 is 1.33 bits per heavy atom. The van der Waals surface area contributed by atoms with E-state index in [4.69, 9.17) is 0 Å². The molecule has 0 fully saturated rings. The van der Waals surface area contributed by atoms with Crippen LogP contribution in [-0.4, -0.2) is 60.9 Å². The summed E-state index contributed by atoms with van der Waals surface area (Å²) in [6, 6.07) is 0. The Bertz CT molecular complexity index is 152. The molecule has 0 unspecified atom stereocenters. The average Bonchev–Trinajstić information content (AvgIpc) is 1.87. The Labute approximate surface area is 99.0 Å². The van der Waals surface area contributed by atoms with Gasteiger partial charge in [0.1, 0.15) is 0 Å². The van der Waals surface area contributed by atoms with Crippen LogP contribution in [0.4, 0.5) is 0 Å². The van der Waals surface area contributed by atoms with E-state index in [-0.39, 0.29) is 51.8 Å². The third-order valence-electron chi connectivity index (χ3n) is 0.942. The second kappa shape index (κ2) is 9.15. The fourth-order valence-electron chi connectivity index (χ4n) is 0.313. The van der Waals surface area contributed by atoms with Crippen molar-refractivity contribution in [3.63, 3.8) is 0 Å². The second-order valence-corrected chi connectivity index (χ2v) is 1.99. The summed E-state index contributed by atoms with van der Waals surface area (Å²) in [6.07, 6.45) is 1.00. The van der Waals surface area contributed by atoms with Crippen molar-refractivity contribution >= 4 is 34.9 Å². The molecule has 66 valence electrons. The van der Waals surface area contributed by atoms with Crippen molar-refractivity contribution in [3.8, 4) is 0 Å². The van der Waals surface area contributed by atoms with Crippen LogP contribution in [-0.2, 0) is 9.59 Å². The zero-order valence-electron chi connectivity index (χ0n) is 7.43. The Morgan fingerprint density at radius 3 is 2.00 bits per heavy atom. The summed E-state index contributed by atoms with van der Waals surface area (Å²) < 4.78 is 0. The summed E-state index contributed by atoms with van der Waals surface area (Å²) in [5, 5.41) is 2.31. The van der Waals surface area contributed by atoms with Gasteiger partial charge >= 0.3 is 23.1 Å². The van der Waals surface area contributed by atoms with Gasteiger partial charge in [-0.3, -0.25) is 0 Å². The molecule has 12 heavy (non-hydrogen) atoms. The Hall–Kier alpha value is 0.0562. The van der Waals surface area contributed by atoms with Gasteiger partial charge in [0.15, 0.2) is 0 Å². The molecular formula is C6H11BrMgN2O2. The Kier molecular flexibility index (Phi) is 13.7. The predicted octanol–water partition coefficient (Wildman–Crippen LogP) is -4.35. The minimum absolute atomic E-state index is 0. The maximum Gasteiger partial charge on any atom is 2.00 e. The molecule has 0 aromatic rings. The molecule has 1 N–H and O–H groups in total. The van der Waals surface area contributed by atoms with Crippen LogP contribution in [0.1, 0.15) is 0 Å². The van der Waals surface area contributed by atoms with Gasteiger partial charge in [-0.15, -0.1) is 0 Å². The minimum atomic E-state index is -0.376. The van der Waals surface area contributed by atoms with Crippen LogP contribution in [0, 0.1) is 6.42 Å². The first kappa shape index (κ1) is 18.0. The van der Waals surface area contributed by atoms with Crippen LogP contribution in [0.2, 0.25) is 0 Å². The van der Waals surface area contributed by atoms with E-state index < -0.39 is 0 Å². The van der Waals surface area contributed by atoms with E-state index in [9.17, 15) is 9.59 Å². The molecule has 0 rings (SSSR count). The minimum Gasteiger partial charge on any atom is -1.00 e. The van der Waals surface area contributed by atoms with Gasteiger partial charge in [-0.05, 0) is 0 Å². The molecule has 0 saturated carbocycles. The second-order valence-electron chi connectivity index (χ2n) is 1.99. The van der Waals surface area contributed by atoms with E-state index in [1.54, 1.807) is 14.1 Å². The van der Waals surface area contributed by atoms with Crippen LogP contribution in [0.15, 0.2) is 0 Å². The first-order valence-corrected chi connectivity index (χ1v) is 2.85. The van der Waals surface area contributed by atoms with E-state index in [0.717, 1.165) is 6.42 Å². The summed E-state index contributed by atoms with van der Waals surface area (Å²) in [4.78, 5) is 22.6. The number of halogens is 1. The first-order valence-electron chi connectivity index (χ1n) is 2.85. The van der Waals surface area contributed by atoms with Crippen LogP contribution in [0.5, 0.6) is 0 Å². The normalized spacial score (nSPS) is 6.92. The largest absolute Gasteiger partial charge is 2.00 e. The average molecular weight is 247 g/mol. The standard InChI is InChI=1S/C6H11N2O2.BrH.Mg/c1-7-5(9)4-6(10)8(2)3;;/h4H,1-3H3,(H,7,9);1H;/q-1;;+2/p-1. The van der Waals surface area contributed by atoms with E-state index >= 15 is 0 Å². The van der Waals surface area contributed by atoms with E-state index in [1.807, 2.05) is 0 Å². The number of rotatable bonds is 2. The zero-order chi connectivity index (χ0) is 8.15. The van der Waals surface area contributed by atoms with Gasteiger partial charge in [-0.2, -0.15) is 0 Å². The molecule has 6 heteroatoms. The molecule has 4 nitrogen and oxygen atoms in total. The van der Waals surface area contributed by atoms with Gasteiger partial charge in [0.05, 0.1) is 11.8 Å². The fraction of sp³-hybridized carbons (Fsp3) is 0.500. The zero-order valence-corrected chi connectivity index (χ0v) is 10.4. The number of amides is 2. The molecule has 0 radical (unpaired) electrons. The Balaban J connectivity index is -0.000000405. The molecule has 0 aromatic heterocycles. The summed E-state index contributed by atoms with van der Waals surface area (Å²) in [6.45, 7) is 0. The fourth-order valence-corrected chi connectivity index (χ4v) is 0.313. The first-order chi connectivity index (χ1) is 4.57. The quantitative estimate of drug-likeness (QED) is 0.305. The summed E-state index contributed by atoms with van der Waals surface area (Å²) in [5.41, 5.74) is 0.